The Morgan fingerprint density at radius 1 is 0.644 bits per heavy atom. The average Bonchev–Trinajstić information content (AvgIpc) is 3.54. The second-order valence-electron chi connectivity index (χ2n) is 11.8. The molecule has 0 saturated heterocycles. The molecule has 0 atom stereocenters. The fourth-order valence-electron chi connectivity index (χ4n) is 7.22. The average molecular weight is 582 g/mol. The Kier molecular flexibility index (Phi) is 6.72. The van der Waals surface area contributed by atoms with Gasteiger partial charge in [-0.3, -0.25) is 0 Å². The molecule has 4 nitrogen and oxygen atoms in total. The Labute approximate surface area is 265 Å². The zero-order chi connectivity index (χ0) is 30.2. The summed E-state index contributed by atoms with van der Waals surface area (Å²) in [5, 5.41) is 0. The third-order valence-electron chi connectivity index (χ3n) is 9.10. The number of rotatable bonds is 6. The van der Waals surface area contributed by atoms with E-state index in [1.807, 2.05) is 18.2 Å². The molecule has 2 aliphatic heterocycles. The smallest absolute Gasteiger partial charge is 0.242 e. The van der Waals surface area contributed by atoms with Crippen LogP contribution >= 0.6 is 0 Å². The van der Waals surface area contributed by atoms with Crippen LogP contribution in [0, 0.1) is 0 Å². The van der Waals surface area contributed by atoms with E-state index in [2.05, 4.69) is 162 Å². The van der Waals surface area contributed by atoms with Gasteiger partial charge in [0.1, 0.15) is 5.75 Å². The van der Waals surface area contributed by atoms with Crippen molar-refractivity contribution in [3.63, 3.8) is 0 Å². The SMILES string of the molecule is CN1C=CN(c2cccc(B3c4ccccc4C(c4ccccc4)(c4ccccc4)c4ccc(Oc5ccccn5)cc43)c2)C1. The predicted octanol–water partition coefficient (Wildman–Crippen LogP) is 6.27. The number of hydrogen-bond donors (Lipinski definition) is 0. The number of nitrogens with zero attached hydrogens (tertiary/aromatic N) is 3. The molecule has 0 radical (unpaired) electrons. The Morgan fingerprint density at radius 2 is 1.36 bits per heavy atom. The van der Waals surface area contributed by atoms with E-state index in [1.54, 1.807) is 6.20 Å². The van der Waals surface area contributed by atoms with Gasteiger partial charge >= 0.3 is 0 Å². The lowest BCUT2D eigenvalue weighted by atomic mass is 9.30. The van der Waals surface area contributed by atoms with Gasteiger partial charge in [0.25, 0.3) is 0 Å². The van der Waals surface area contributed by atoms with Crippen LogP contribution in [0.2, 0.25) is 0 Å². The normalized spacial score (nSPS) is 14.6. The molecule has 3 heterocycles. The molecule has 0 N–H and O–H groups in total. The summed E-state index contributed by atoms with van der Waals surface area (Å²) in [6.45, 7) is 0.822. The highest BCUT2D eigenvalue weighted by Gasteiger charge is 2.47. The summed E-state index contributed by atoms with van der Waals surface area (Å²) < 4.78 is 6.38. The molecular weight excluding hydrogens is 549 g/mol. The van der Waals surface area contributed by atoms with E-state index < -0.39 is 5.41 Å². The predicted molar refractivity (Wildman–Crippen MR) is 184 cm³/mol. The first-order valence-corrected chi connectivity index (χ1v) is 15.4. The molecule has 0 aliphatic carbocycles. The molecular formula is C40H32BN3O. The molecule has 0 bridgehead atoms. The minimum absolute atomic E-state index is 0.00621. The van der Waals surface area contributed by atoms with Crippen LogP contribution in [-0.4, -0.2) is 30.3 Å². The topological polar surface area (TPSA) is 28.6 Å². The maximum absolute atomic E-state index is 6.38. The summed E-state index contributed by atoms with van der Waals surface area (Å²) >= 11 is 0. The van der Waals surface area contributed by atoms with E-state index in [1.165, 1.54) is 44.3 Å². The van der Waals surface area contributed by atoms with Crippen molar-refractivity contribution in [2.45, 2.75) is 5.41 Å². The molecule has 0 spiro atoms. The van der Waals surface area contributed by atoms with Gasteiger partial charge in [-0.05, 0) is 52.6 Å². The molecule has 45 heavy (non-hydrogen) atoms. The molecule has 2 aliphatic rings. The lowest BCUT2D eigenvalue weighted by molar-refractivity contribution is 0.463. The van der Waals surface area contributed by atoms with Crippen LogP contribution in [0.1, 0.15) is 22.3 Å². The highest BCUT2D eigenvalue weighted by atomic mass is 16.5. The molecule has 6 aromatic rings. The van der Waals surface area contributed by atoms with Crippen LogP contribution < -0.4 is 26.0 Å². The monoisotopic (exact) mass is 581 g/mol. The van der Waals surface area contributed by atoms with Gasteiger partial charge in [0.15, 0.2) is 0 Å². The minimum Gasteiger partial charge on any atom is -0.439 e. The molecule has 8 rings (SSSR count). The van der Waals surface area contributed by atoms with Gasteiger partial charge in [-0.15, -0.1) is 0 Å². The molecule has 0 saturated carbocycles. The van der Waals surface area contributed by atoms with Gasteiger partial charge in [0, 0.05) is 37.4 Å². The maximum atomic E-state index is 6.38. The number of benzene rings is 5. The molecule has 216 valence electrons. The van der Waals surface area contributed by atoms with E-state index in [4.69, 9.17) is 4.74 Å². The lowest BCUT2D eigenvalue weighted by Crippen LogP contribution is -2.62. The van der Waals surface area contributed by atoms with Crippen molar-refractivity contribution in [3.8, 4) is 11.6 Å². The summed E-state index contributed by atoms with van der Waals surface area (Å²) in [5.74, 6) is 1.35. The Balaban J connectivity index is 1.41. The van der Waals surface area contributed by atoms with Crippen molar-refractivity contribution in [2.75, 3.05) is 18.6 Å². The molecule has 1 aromatic heterocycles. The van der Waals surface area contributed by atoms with Crippen molar-refractivity contribution >= 4 is 28.8 Å². The Morgan fingerprint density at radius 3 is 2.07 bits per heavy atom. The molecule has 0 fully saturated rings. The zero-order valence-electron chi connectivity index (χ0n) is 25.1. The van der Waals surface area contributed by atoms with E-state index in [0.717, 1.165) is 12.4 Å². The van der Waals surface area contributed by atoms with Gasteiger partial charge in [-0.1, -0.05) is 126 Å². The Bertz CT molecular complexity index is 1960. The van der Waals surface area contributed by atoms with Crippen molar-refractivity contribution in [1.82, 2.24) is 9.88 Å². The first-order valence-electron chi connectivity index (χ1n) is 15.4. The van der Waals surface area contributed by atoms with Crippen LogP contribution in [0.4, 0.5) is 5.69 Å². The van der Waals surface area contributed by atoms with Gasteiger partial charge in [0.05, 0.1) is 12.1 Å². The van der Waals surface area contributed by atoms with Crippen molar-refractivity contribution in [1.29, 1.82) is 0 Å². The van der Waals surface area contributed by atoms with Crippen molar-refractivity contribution < 1.29 is 4.74 Å². The fourth-order valence-corrected chi connectivity index (χ4v) is 7.22. The lowest BCUT2D eigenvalue weighted by Gasteiger charge is -2.44. The minimum atomic E-state index is -0.521. The van der Waals surface area contributed by atoms with E-state index in [-0.39, 0.29) is 6.71 Å². The number of ether oxygens (including phenoxy) is 1. The third kappa shape index (κ3) is 4.60. The Hall–Kier alpha value is -5.55. The van der Waals surface area contributed by atoms with E-state index in [9.17, 15) is 0 Å². The number of fused-ring (bicyclic) bond motifs is 2. The van der Waals surface area contributed by atoms with Crippen LogP contribution in [0.3, 0.4) is 0 Å². The van der Waals surface area contributed by atoms with Gasteiger partial charge in [0.2, 0.25) is 12.6 Å². The second-order valence-corrected chi connectivity index (χ2v) is 11.8. The van der Waals surface area contributed by atoms with Crippen LogP contribution in [0.5, 0.6) is 11.6 Å². The van der Waals surface area contributed by atoms with E-state index >= 15 is 0 Å². The largest absolute Gasteiger partial charge is 0.439 e. The van der Waals surface area contributed by atoms with Gasteiger partial charge < -0.3 is 14.5 Å². The zero-order valence-corrected chi connectivity index (χ0v) is 25.1. The van der Waals surface area contributed by atoms with Gasteiger partial charge in [-0.2, -0.15) is 0 Å². The first-order chi connectivity index (χ1) is 22.2. The maximum Gasteiger partial charge on any atom is 0.242 e. The van der Waals surface area contributed by atoms with Crippen LogP contribution in [-0.2, 0) is 5.41 Å². The standard InChI is InChI=1S/C40H32BN3O/c1-43-25-26-44(29-43)33-18-12-17-32(27-33)41-37-20-9-8-19-35(37)40(30-13-4-2-5-14-30,31-15-6-3-7-16-31)36-23-22-34(28-38(36)41)45-39-21-10-11-24-42-39/h2-28H,29H2,1H3. The molecule has 5 aromatic carbocycles. The highest BCUT2D eigenvalue weighted by molar-refractivity contribution is 6.96. The fraction of sp³-hybridized carbons (Fsp3) is 0.0750. The number of anilines is 1. The third-order valence-corrected chi connectivity index (χ3v) is 9.10. The molecule has 0 unspecified atom stereocenters. The van der Waals surface area contributed by atoms with Crippen molar-refractivity contribution in [2.24, 2.45) is 0 Å². The molecule has 5 heteroatoms. The quantitative estimate of drug-likeness (QED) is 0.217. The first kappa shape index (κ1) is 27.0. The van der Waals surface area contributed by atoms with Gasteiger partial charge in [-0.25, -0.2) is 4.98 Å². The van der Waals surface area contributed by atoms with Crippen LogP contribution in [0.15, 0.2) is 164 Å². The second kappa shape index (κ2) is 11.2. The summed E-state index contributed by atoms with van der Waals surface area (Å²) in [6.07, 6.45) is 6.03. The number of pyridine rings is 1. The molecule has 0 amide bonds. The highest BCUT2D eigenvalue weighted by Crippen LogP contribution is 2.46. The summed E-state index contributed by atoms with van der Waals surface area (Å²) in [4.78, 5) is 8.92. The van der Waals surface area contributed by atoms with Crippen LogP contribution in [0.25, 0.3) is 0 Å². The van der Waals surface area contributed by atoms with E-state index in [0.29, 0.717) is 5.88 Å². The summed E-state index contributed by atoms with van der Waals surface area (Å²) in [6, 6.07) is 52.2. The van der Waals surface area contributed by atoms with Crippen molar-refractivity contribution in [3.05, 3.63) is 186 Å². The number of aromatic nitrogens is 1. The summed E-state index contributed by atoms with van der Waals surface area (Å²) in [5.41, 5.74) is 9.44. The number of hydrogen-bond acceptors (Lipinski definition) is 4. The summed E-state index contributed by atoms with van der Waals surface area (Å²) in [7, 11) is 2.10.